The highest BCUT2D eigenvalue weighted by Crippen LogP contribution is 2.16. The first-order chi connectivity index (χ1) is 13.2. The van der Waals surface area contributed by atoms with Crippen LogP contribution < -0.4 is 0 Å². The molecule has 0 aliphatic heterocycles. The molecule has 0 fully saturated rings. The van der Waals surface area contributed by atoms with E-state index in [4.69, 9.17) is 23.2 Å². The van der Waals surface area contributed by atoms with Crippen molar-refractivity contribution < 1.29 is 30.0 Å². The van der Waals surface area contributed by atoms with Crippen molar-refractivity contribution in [1.82, 2.24) is 0 Å². The zero-order valence-electron chi connectivity index (χ0n) is 14.7. The molecule has 4 atom stereocenters. The van der Waals surface area contributed by atoms with Gasteiger partial charge >= 0.3 is 0 Å². The van der Waals surface area contributed by atoms with Crippen molar-refractivity contribution >= 4 is 34.8 Å². The van der Waals surface area contributed by atoms with E-state index in [2.05, 4.69) is 0 Å². The molecule has 4 N–H and O–H groups in total. The predicted octanol–water partition coefficient (Wildman–Crippen LogP) is 1.36. The van der Waals surface area contributed by atoms with Gasteiger partial charge in [-0.25, -0.2) is 0 Å². The Bertz CT molecular complexity index is 771. The molecule has 2 unspecified atom stereocenters. The molecule has 28 heavy (non-hydrogen) atoms. The van der Waals surface area contributed by atoms with E-state index in [9.17, 15) is 30.0 Å². The molecule has 8 heteroatoms. The molecular formula is C20H20Cl2O6. The van der Waals surface area contributed by atoms with Gasteiger partial charge in [-0.05, 0) is 35.4 Å². The second-order valence-electron chi connectivity index (χ2n) is 6.42. The summed E-state index contributed by atoms with van der Waals surface area (Å²) in [6.07, 6.45) is -7.48. The first-order valence-corrected chi connectivity index (χ1v) is 9.24. The smallest absolute Gasteiger partial charge is 0.232 e. The van der Waals surface area contributed by atoms with E-state index >= 15 is 0 Å². The lowest BCUT2D eigenvalue weighted by Crippen LogP contribution is -2.47. The largest absolute Gasteiger partial charge is 0.390 e. The van der Waals surface area contributed by atoms with E-state index in [1.165, 1.54) is 0 Å². The van der Waals surface area contributed by atoms with Crippen molar-refractivity contribution in [3.05, 3.63) is 69.7 Å². The first kappa shape index (κ1) is 22.5. The average Bonchev–Trinajstić information content (AvgIpc) is 2.65. The standard InChI is InChI=1S/C20H20Cl2O6/c21-13-5-1-3-11(7-13)9-15(23)17(25)19(27)20(28)18(26)16(24)10-12-4-2-6-14(22)8-12/h1-8,15-18,23-26H,9-10H2/t15?,16?,17-,18+. The Hall–Kier alpha value is -1.80. The SMILES string of the molecule is O=C(C(=O)[C@H](O)C(O)Cc1cccc(Cl)c1)[C@@H](O)C(O)Cc1cccc(Cl)c1. The zero-order chi connectivity index (χ0) is 20.8. The van der Waals surface area contributed by atoms with E-state index in [-0.39, 0.29) is 12.8 Å². The quantitative estimate of drug-likeness (QED) is 0.450. The summed E-state index contributed by atoms with van der Waals surface area (Å²) >= 11 is 11.7. The lowest BCUT2D eigenvalue weighted by atomic mass is 9.94. The van der Waals surface area contributed by atoms with Gasteiger partial charge in [0.1, 0.15) is 12.2 Å². The second-order valence-corrected chi connectivity index (χ2v) is 7.29. The number of aliphatic hydroxyl groups is 4. The van der Waals surface area contributed by atoms with Crippen molar-refractivity contribution in [1.29, 1.82) is 0 Å². The summed E-state index contributed by atoms with van der Waals surface area (Å²) in [4.78, 5) is 24.2. The lowest BCUT2D eigenvalue weighted by molar-refractivity contribution is -0.152. The Labute approximate surface area is 172 Å². The number of hydrogen-bond donors (Lipinski definition) is 4. The van der Waals surface area contributed by atoms with Gasteiger partial charge in [-0.2, -0.15) is 0 Å². The fourth-order valence-electron chi connectivity index (χ4n) is 2.68. The van der Waals surface area contributed by atoms with Gasteiger partial charge in [-0.3, -0.25) is 9.59 Å². The van der Waals surface area contributed by atoms with Crippen molar-refractivity contribution in [3.8, 4) is 0 Å². The molecule has 0 saturated heterocycles. The first-order valence-electron chi connectivity index (χ1n) is 8.48. The number of Topliss-reactive ketones (excluding diaryl/α,β-unsaturated/α-hetero) is 2. The average molecular weight is 427 g/mol. The highest BCUT2D eigenvalue weighted by atomic mass is 35.5. The van der Waals surface area contributed by atoms with E-state index < -0.39 is 36.0 Å². The number of hydrogen-bond acceptors (Lipinski definition) is 6. The molecule has 0 aromatic heterocycles. The number of halogens is 2. The zero-order valence-corrected chi connectivity index (χ0v) is 16.2. The molecule has 0 aliphatic carbocycles. The molecule has 6 nitrogen and oxygen atoms in total. The number of ketones is 2. The molecule has 0 heterocycles. The van der Waals surface area contributed by atoms with Gasteiger partial charge < -0.3 is 20.4 Å². The summed E-state index contributed by atoms with van der Waals surface area (Å²) in [5.41, 5.74) is 1.11. The number of carbonyl (C=O) groups is 2. The maximum atomic E-state index is 12.1. The van der Waals surface area contributed by atoms with Gasteiger partial charge in [0.15, 0.2) is 0 Å². The highest BCUT2D eigenvalue weighted by Gasteiger charge is 2.36. The highest BCUT2D eigenvalue weighted by molar-refractivity contribution is 6.40. The predicted molar refractivity (Wildman–Crippen MR) is 104 cm³/mol. The van der Waals surface area contributed by atoms with Crippen LogP contribution in [0.15, 0.2) is 48.5 Å². The van der Waals surface area contributed by atoms with E-state index in [0.717, 1.165) is 0 Å². The number of rotatable bonds is 9. The molecular weight excluding hydrogens is 407 g/mol. The van der Waals surface area contributed by atoms with E-state index in [1.807, 2.05) is 0 Å². The van der Waals surface area contributed by atoms with Crippen molar-refractivity contribution in [2.45, 2.75) is 37.3 Å². The molecule has 0 amide bonds. The van der Waals surface area contributed by atoms with Gasteiger partial charge in [0.2, 0.25) is 11.6 Å². The van der Waals surface area contributed by atoms with E-state index in [0.29, 0.717) is 21.2 Å². The number of benzene rings is 2. The van der Waals surface area contributed by atoms with Crippen molar-refractivity contribution in [2.75, 3.05) is 0 Å². The summed E-state index contributed by atoms with van der Waals surface area (Å²) in [5.74, 6) is -2.76. The summed E-state index contributed by atoms with van der Waals surface area (Å²) in [6, 6.07) is 12.9. The normalized spacial score (nSPS) is 15.5. The third kappa shape index (κ3) is 6.10. The van der Waals surface area contributed by atoms with Gasteiger partial charge in [-0.1, -0.05) is 47.5 Å². The third-order valence-corrected chi connectivity index (χ3v) is 4.65. The molecule has 0 spiro atoms. The Balaban J connectivity index is 1.98. The summed E-state index contributed by atoms with van der Waals surface area (Å²) in [6.45, 7) is 0. The molecule has 150 valence electrons. The maximum absolute atomic E-state index is 12.1. The number of carbonyl (C=O) groups excluding carboxylic acids is 2. The van der Waals surface area contributed by atoms with Crippen LogP contribution in [0.5, 0.6) is 0 Å². The fraction of sp³-hybridized carbons (Fsp3) is 0.300. The molecule has 0 radical (unpaired) electrons. The van der Waals surface area contributed by atoms with Crippen LogP contribution in [0.25, 0.3) is 0 Å². The minimum Gasteiger partial charge on any atom is -0.390 e. The minimum atomic E-state index is -2.04. The summed E-state index contributed by atoms with van der Waals surface area (Å²) in [5, 5.41) is 40.9. The Kier molecular flexibility index (Phi) is 8.12. The Morgan fingerprint density at radius 1 is 0.714 bits per heavy atom. The van der Waals surface area contributed by atoms with Crippen LogP contribution in [0.1, 0.15) is 11.1 Å². The second kappa shape index (κ2) is 10.1. The third-order valence-electron chi connectivity index (χ3n) is 4.18. The van der Waals surface area contributed by atoms with Crippen LogP contribution in [0, 0.1) is 0 Å². The Morgan fingerprint density at radius 2 is 1.07 bits per heavy atom. The molecule has 0 saturated carbocycles. The van der Waals surface area contributed by atoms with Gasteiger partial charge in [0, 0.05) is 22.9 Å². The maximum Gasteiger partial charge on any atom is 0.232 e. The van der Waals surface area contributed by atoms with Gasteiger partial charge in [0.05, 0.1) is 12.2 Å². The molecule has 2 rings (SSSR count). The summed E-state index contributed by atoms with van der Waals surface area (Å²) in [7, 11) is 0. The van der Waals surface area contributed by atoms with Crippen LogP contribution in [-0.2, 0) is 22.4 Å². The van der Waals surface area contributed by atoms with Crippen LogP contribution in [0.4, 0.5) is 0 Å². The van der Waals surface area contributed by atoms with E-state index in [1.54, 1.807) is 48.5 Å². The summed E-state index contributed by atoms with van der Waals surface area (Å²) < 4.78 is 0. The number of aliphatic hydroxyl groups excluding tert-OH is 4. The molecule has 2 aromatic carbocycles. The molecule has 0 aliphatic rings. The van der Waals surface area contributed by atoms with Crippen molar-refractivity contribution in [3.63, 3.8) is 0 Å². The van der Waals surface area contributed by atoms with Crippen molar-refractivity contribution in [2.24, 2.45) is 0 Å². The lowest BCUT2D eigenvalue weighted by Gasteiger charge is -2.20. The molecule has 0 bridgehead atoms. The van der Waals surface area contributed by atoms with Crippen LogP contribution in [-0.4, -0.2) is 56.4 Å². The Morgan fingerprint density at radius 3 is 1.39 bits per heavy atom. The van der Waals surface area contributed by atoms with Gasteiger partial charge in [0.25, 0.3) is 0 Å². The topological polar surface area (TPSA) is 115 Å². The van der Waals surface area contributed by atoms with Crippen LogP contribution in [0.2, 0.25) is 10.0 Å². The van der Waals surface area contributed by atoms with Gasteiger partial charge in [-0.15, -0.1) is 0 Å². The van der Waals surface area contributed by atoms with Crippen LogP contribution >= 0.6 is 23.2 Å². The minimum absolute atomic E-state index is 0.123. The van der Waals surface area contributed by atoms with Crippen LogP contribution in [0.3, 0.4) is 0 Å². The monoisotopic (exact) mass is 426 g/mol. The molecule has 2 aromatic rings. The fourth-order valence-corrected chi connectivity index (χ4v) is 3.10.